The van der Waals surface area contributed by atoms with Gasteiger partial charge in [-0.3, -0.25) is 0 Å². The van der Waals surface area contributed by atoms with E-state index in [1.54, 1.807) is 3.88 Å². The Morgan fingerprint density at radius 3 is 2.21 bits per heavy atom. The Kier molecular flexibility index (Phi) is 5.35. The molecule has 3 rings (SSSR count). The maximum absolute atomic E-state index is 3.82. The number of aromatic amines is 1. The molecule has 0 radical (unpaired) electrons. The number of allylic oxidation sites excluding steroid dienone is 4. The number of aromatic nitrogens is 1. The van der Waals surface area contributed by atoms with E-state index in [-0.39, 0.29) is 28.5 Å². The Hall–Kier alpha value is -0.249. The van der Waals surface area contributed by atoms with Gasteiger partial charge < -0.3 is 0 Å². The summed E-state index contributed by atoms with van der Waals surface area (Å²) >= 11 is -3.68. The predicted octanol–water partition coefficient (Wildman–Crippen LogP) is 5.57. The fourth-order valence-corrected chi connectivity index (χ4v) is 13.4. The molecule has 0 saturated carbocycles. The molecule has 0 saturated heterocycles. The molecule has 1 aliphatic rings. The number of hydrogen-bond donors (Lipinski definition) is 1. The first-order valence-electron chi connectivity index (χ1n) is 8.23. The van der Waals surface area contributed by atoms with Gasteiger partial charge in [0.25, 0.3) is 0 Å². The SMILES string of the molecule is C[C](C)(C)[Ti]([CH3])([CH3])(=[SiH2])([C]1=CC=CC1)[c]1cc2ccccc2[nH]1.Cl.Cl. The number of fused-ring (bicyclic) bond motifs is 1. The van der Waals surface area contributed by atoms with Crippen LogP contribution in [0.1, 0.15) is 27.2 Å². The van der Waals surface area contributed by atoms with Gasteiger partial charge in [-0.2, -0.15) is 0 Å². The van der Waals surface area contributed by atoms with Gasteiger partial charge in [0.1, 0.15) is 0 Å². The van der Waals surface area contributed by atoms with Gasteiger partial charge in [-0.15, -0.1) is 24.8 Å². The molecular formula is C19H30Cl2NSiTi. The maximum atomic E-state index is 3.82. The zero-order chi connectivity index (χ0) is 16.3. The third-order valence-corrected chi connectivity index (χ3v) is 31.6. The first-order valence-corrected chi connectivity index (χ1v) is 17.7. The first-order chi connectivity index (χ1) is 10.00. The van der Waals surface area contributed by atoms with Crippen molar-refractivity contribution in [3.05, 3.63) is 52.4 Å². The summed E-state index contributed by atoms with van der Waals surface area (Å²) in [7, 11) is 2.32. The maximum Gasteiger partial charge on any atom is -0.147 e. The van der Waals surface area contributed by atoms with Gasteiger partial charge in [0.05, 0.1) is 0 Å². The van der Waals surface area contributed by atoms with Crippen LogP contribution in [-0.2, 0) is 12.8 Å². The van der Waals surface area contributed by atoms with Crippen LogP contribution in [0, 0.1) is 0 Å². The minimum absolute atomic E-state index is 0. The number of halogens is 2. The minimum Gasteiger partial charge on any atom is -0.147 e. The van der Waals surface area contributed by atoms with Crippen LogP contribution in [-0.4, -0.2) is 12.6 Å². The Morgan fingerprint density at radius 1 is 1.08 bits per heavy atom. The van der Waals surface area contributed by atoms with Gasteiger partial charge in [0.15, 0.2) is 0 Å². The van der Waals surface area contributed by atoms with Gasteiger partial charge in [0.2, 0.25) is 0 Å². The molecule has 0 atom stereocenters. The summed E-state index contributed by atoms with van der Waals surface area (Å²) in [6.45, 7) is 7.32. The van der Waals surface area contributed by atoms with E-state index < -0.39 is 12.8 Å². The van der Waals surface area contributed by atoms with Crippen molar-refractivity contribution in [3.8, 4) is 0 Å². The molecular weight excluding hydrogens is 389 g/mol. The molecule has 0 unspecified atom stereocenters. The molecule has 0 spiro atoms. The molecule has 133 valence electrons. The predicted molar refractivity (Wildman–Crippen MR) is 114 cm³/mol. The van der Waals surface area contributed by atoms with E-state index in [9.17, 15) is 0 Å². The average Bonchev–Trinajstić information content (AvgIpc) is 3.08. The smallest absolute Gasteiger partial charge is 0.147 e. The second kappa shape index (κ2) is 5.89. The summed E-state index contributed by atoms with van der Waals surface area (Å²) in [4.78, 5) is 3.82. The van der Waals surface area contributed by atoms with Crippen molar-refractivity contribution in [2.24, 2.45) is 0 Å². The van der Waals surface area contributed by atoms with Crippen LogP contribution < -0.4 is 4.00 Å². The summed E-state index contributed by atoms with van der Waals surface area (Å²) in [5, 5.41) is 6.56. The topological polar surface area (TPSA) is 15.8 Å². The molecule has 0 aliphatic heterocycles. The van der Waals surface area contributed by atoms with Crippen molar-refractivity contribution in [3.63, 3.8) is 0 Å². The quantitative estimate of drug-likeness (QED) is 0.613. The summed E-state index contributed by atoms with van der Waals surface area (Å²) in [5.74, 6) is 0. The van der Waals surface area contributed by atoms with Gasteiger partial charge in [0, 0.05) is 0 Å². The normalized spacial score (nSPS) is 17.5. The molecule has 0 amide bonds. The van der Waals surface area contributed by atoms with E-state index >= 15 is 0 Å². The molecule has 1 aromatic carbocycles. The van der Waals surface area contributed by atoms with Crippen LogP contribution in [0.5, 0.6) is 0 Å². The molecule has 1 aliphatic carbocycles. The number of benzene rings is 1. The fraction of sp³-hybridized carbons (Fsp3) is 0.368. The van der Waals surface area contributed by atoms with E-state index in [0.717, 1.165) is 6.42 Å². The zero-order valence-electron chi connectivity index (χ0n) is 15.3. The Balaban J connectivity index is 0.00000144. The van der Waals surface area contributed by atoms with Crippen molar-refractivity contribution >= 4 is 47.3 Å². The van der Waals surface area contributed by atoms with E-state index in [2.05, 4.69) is 92.4 Å². The van der Waals surface area contributed by atoms with Gasteiger partial charge >= 0.3 is 134 Å². The monoisotopic (exact) mass is 418 g/mol. The van der Waals surface area contributed by atoms with Crippen LogP contribution in [0.3, 0.4) is 0 Å². The fourth-order valence-electron chi connectivity index (χ4n) is 3.77. The summed E-state index contributed by atoms with van der Waals surface area (Å²) in [6.07, 6.45) is 8.06. The van der Waals surface area contributed by atoms with Gasteiger partial charge in [-0.25, -0.2) is 0 Å². The summed E-state index contributed by atoms with van der Waals surface area (Å²) in [5.41, 5.74) is 1.26. The summed E-state index contributed by atoms with van der Waals surface area (Å²) < 4.78 is 3.39. The van der Waals surface area contributed by atoms with Crippen molar-refractivity contribution < 1.29 is 12.8 Å². The molecule has 1 heterocycles. The third-order valence-electron chi connectivity index (χ3n) is 7.27. The number of para-hydroxylation sites is 1. The molecule has 24 heavy (non-hydrogen) atoms. The third kappa shape index (κ3) is 2.54. The molecule has 5 heteroatoms. The van der Waals surface area contributed by atoms with Crippen LogP contribution in [0.2, 0.25) is 14.2 Å². The van der Waals surface area contributed by atoms with Crippen LogP contribution in [0.25, 0.3) is 10.9 Å². The Morgan fingerprint density at radius 2 is 1.71 bits per heavy atom. The molecule has 0 bridgehead atoms. The van der Waals surface area contributed by atoms with Crippen molar-refractivity contribution in [1.29, 1.82) is 0 Å². The van der Waals surface area contributed by atoms with Crippen molar-refractivity contribution in [1.82, 2.24) is 4.98 Å². The van der Waals surface area contributed by atoms with E-state index in [1.807, 2.05) is 0 Å². The molecule has 1 aromatic heterocycles. The second-order valence-electron chi connectivity index (χ2n) is 9.46. The number of H-pyrrole nitrogens is 1. The van der Waals surface area contributed by atoms with E-state index in [4.69, 9.17) is 0 Å². The first kappa shape index (κ1) is 21.8. The number of rotatable bonds is 2. The van der Waals surface area contributed by atoms with Crippen LogP contribution in [0.4, 0.5) is 0 Å². The van der Waals surface area contributed by atoms with E-state index in [0.29, 0.717) is 0 Å². The summed E-state index contributed by atoms with van der Waals surface area (Å²) in [6, 6.07) is 11.1. The van der Waals surface area contributed by atoms with E-state index in [1.165, 1.54) is 14.9 Å². The number of nitrogens with one attached hydrogen (secondary N) is 1. The second-order valence-corrected chi connectivity index (χ2v) is 35.1. The molecule has 2 aromatic rings. The van der Waals surface area contributed by atoms with Crippen molar-refractivity contribution in [2.45, 2.75) is 41.4 Å². The molecule has 1 N–H and O–H groups in total. The average molecular weight is 419 g/mol. The molecule has 0 fully saturated rings. The van der Waals surface area contributed by atoms with Crippen LogP contribution >= 0.6 is 24.8 Å². The largest absolute Gasteiger partial charge is 0.147 e. The minimum atomic E-state index is -3.68. The standard InChI is InChI=1S/C8H6N.C5H5.C4H9.2CH3.2ClH.H2Si.Ti/c1-2-4-8-7(3-1)5-6-9-8;1-2-4-5-3-1;1-4(2)3;;;;;;/h1-5,9H;1-3H,4H2;1-3H3;2*1H3;2*1H;1H2;. The Bertz CT molecular complexity index is 889. The van der Waals surface area contributed by atoms with Gasteiger partial charge in [-0.1, -0.05) is 0 Å². The molecule has 1 nitrogen and oxygen atoms in total. The Labute approximate surface area is 158 Å². The zero-order valence-corrected chi connectivity index (χ0v) is 20.0. The van der Waals surface area contributed by atoms with Gasteiger partial charge in [-0.05, 0) is 0 Å². The number of hydrogen-bond acceptors (Lipinski definition) is 0. The van der Waals surface area contributed by atoms with Crippen LogP contribution in [0.15, 0.2) is 52.4 Å². The van der Waals surface area contributed by atoms with Crippen molar-refractivity contribution in [2.75, 3.05) is 0 Å².